The predicted molar refractivity (Wildman–Crippen MR) is 59.1 cm³/mol. The van der Waals surface area contributed by atoms with Crippen LogP contribution in [0, 0.1) is 0 Å². The lowest BCUT2D eigenvalue weighted by Crippen LogP contribution is -2.10. The van der Waals surface area contributed by atoms with Gasteiger partial charge in [0.05, 0.1) is 5.69 Å². The summed E-state index contributed by atoms with van der Waals surface area (Å²) in [5.74, 6) is 0.0776. The van der Waals surface area contributed by atoms with Crippen molar-refractivity contribution in [2.45, 2.75) is 0 Å². The second-order valence-corrected chi connectivity index (χ2v) is 3.06. The van der Waals surface area contributed by atoms with Crippen LogP contribution in [0.1, 0.15) is 0 Å². The van der Waals surface area contributed by atoms with Gasteiger partial charge in [-0.2, -0.15) is 0 Å². The van der Waals surface area contributed by atoms with Crippen LogP contribution in [0.2, 0.25) is 0 Å². The first kappa shape index (κ1) is 10.1. The summed E-state index contributed by atoms with van der Waals surface area (Å²) in [6.07, 6.45) is 0.339. The third kappa shape index (κ3) is 2.33. The van der Waals surface area contributed by atoms with Crippen LogP contribution >= 0.6 is 0 Å². The van der Waals surface area contributed by atoms with Gasteiger partial charge in [-0.05, 0) is 6.07 Å². The van der Waals surface area contributed by atoms with Gasteiger partial charge >= 0.3 is 6.09 Å². The number of rotatable bonds is 2. The monoisotopic (exact) mass is 215 g/mol. The van der Waals surface area contributed by atoms with Gasteiger partial charge in [-0.15, -0.1) is 0 Å². The Morgan fingerprint density at radius 3 is 2.62 bits per heavy atom. The van der Waals surface area contributed by atoms with Crippen molar-refractivity contribution in [2.24, 2.45) is 0 Å². The van der Waals surface area contributed by atoms with Gasteiger partial charge in [-0.3, -0.25) is 5.32 Å². The number of hydrogen-bond acceptors (Lipinski definition) is 3. The van der Waals surface area contributed by atoms with Crippen LogP contribution in [0.25, 0.3) is 11.3 Å². The SMILES string of the molecule is O=C(O)Nc1nccc(-c2ccccc2)n1. The van der Waals surface area contributed by atoms with Crippen LogP contribution in [-0.2, 0) is 0 Å². The van der Waals surface area contributed by atoms with E-state index in [2.05, 4.69) is 15.3 Å². The van der Waals surface area contributed by atoms with E-state index < -0.39 is 6.09 Å². The third-order valence-corrected chi connectivity index (χ3v) is 1.94. The van der Waals surface area contributed by atoms with E-state index in [1.165, 1.54) is 6.20 Å². The van der Waals surface area contributed by atoms with Crippen molar-refractivity contribution in [1.82, 2.24) is 9.97 Å². The Morgan fingerprint density at radius 2 is 1.94 bits per heavy atom. The molecule has 5 nitrogen and oxygen atoms in total. The maximum absolute atomic E-state index is 10.4. The first-order chi connectivity index (χ1) is 7.75. The van der Waals surface area contributed by atoms with E-state index in [-0.39, 0.29) is 5.95 Å². The van der Waals surface area contributed by atoms with Crippen LogP contribution < -0.4 is 5.32 Å². The smallest absolute Gasteiger partial charge is 0.411 e. The predicted octanol–water partition coefficient (Wildman–Crippen LogP) is 2.23. The molecule has 0 aliphatic carbocycles. The van der Waals surface area contributed by atoms with Crippen molar-refractivity contribution >= 4 is 12.0 Å². The molecule has 80 valence electrons. The molecule has 0 unspecified atom stereocenters. The molecule has 1 aromatic carbocycles. The number of aromatic nitrogens is 2. The summed E-state index contributed by atoms with van der Waals surface area (Å²) >= 11 is 0. The first-order valence-corrected chi connectivity index (χ1v) is 4.64. The van der Waals surface area contributed by atoms with Crippen molar-refractivity contribution in [2.75, 3.05) is 5.32 Å². The lowest BCUT2D eigenvalue weighted by molar-refractivity contribution is 0.209. The van der Waals surface area contributed by atoms with Gasteiger partial charge in [0.2, 0.25) is 5.95 Å². The summed E-state index contributed by atoms with van der Waals surface area (Å²) in [6, 6.07) is 11.2. The molecule has 2 aromatic rings. The van der Waals surface area contributed by atoms with Crippen LogP contribution in [0.15, 0.2) is 42.6 Å². The highest BCUT2D eigenvalue weighted by Crippen LogP contribution is 2.16. The van der Waals surface area contributed by atoms with Crippen LogP contribution in [0.4, 0.5) is 10.7 Å². The fraction of sp³-hybridized carbons (Fsp3) is 0. The van der Waals surface area contributed by atoms with Gasteiger partial charge in [0.25, 0.3) is 0 Å². The average molecular weight is 215 g/mol. The molecule has 0 radical (unpaired) electrons. The minimum absolute atomic E-state index is 0.0776. The second kappa shape index (κ2) is 4.39. The Bertz CT molecular complexity index is 500. The second-order valence-electron chi connectivity index (χ2n) is 3.06. The maximum Gasteiger partial charge on any atom is 0.411 e. The van der Waals surface area contributed by atoms with E-state index in [0.29, 0.717) is 5.69 Å². The Kier molecular flexibility index (Phi) is 2.77. The van der Waals surface area contributed by atoms with E-state index in [1.807, 2.05) is 30.3 Å². The molecule has 0 saturated carbocycles. The molecule has 2 rings (SSSR count). The van der Waals surface area contributed by atoms with Gasteiger partial charge in [0.1, 0.15) is 0 Å². The zero-order valence-corrected chi connectivity index (χ0v) is 8.29. The van der Waals surface area contributed by atoms with Crippen molar-refractivity contribution in [3.05, 3.63) is 42.6 Å². The van der Waals surface area contributed by atoms with Crippen LogP contribution in [0.3, 0.4) is 0 Å². The molecule has 1 amide bonds. The number of hydrogen-bond donors (Lipinski definition) is 2. The van der Waals surface area contributed by atoms with E-state index in [1.54, 1.807) is 6.07 Å². The molecule has 2 N–H and O–H groups in total. The fourth-order valence-electron chi connectivity index (χ4n) is 1.28. The van der Waals surface area contributed by atoms with Gasteiger partial charge in [0, 0.05) is 11.8 Å². The average Bonchev–Trinajstić information content (AvgIpc) is 2.30. The molecule has 0 spiro atoms. The van der Waals surface area contributed by atoms with Crippen LogP contribution in [0.5, 0.6) is 0 Å². The Morgan fingerprint density at radius 1 is 1.19 bits per heavy atom. The number of carbonyl (C=O) groups is 1. The summed E-state index contributed by atoms with van der Waals surface area (Å²) in [5, 5.41) is 10.6. The minimum Gasteiger partial charge on any atom is -0.465 e. The number of nitrogens with zero attached hydrogens (tertiary/aromatic N) is 2. The van der Waals surface area contributed by atoms with Crippen molar-refractivity contribution in [1.29, 1.82) is 0 Å². The highest BCUT2D eigenvalue weighted by Gasteiger charge is 2.03. The van der Waals surface area contributed by atoms with Gasteiger partial charge in [-0.1, -0.05) is 30.3 Å². The third-order valence-electron chi connectivity index (χ3n) is 1.94. The molecule has 0 atom stereocenters. The summed E-state index contributed by atoms with van der Waals surface area (Å²) in [5.41, 5.74) is 1.60. The number of carboxylic acid groups (broad SMARTS) is 1. The zero-order chi connectivity index (χ0) is 11.4. The van der Waals surface area contributed by atoms with E-state index in [0.717, 1.165) is 5.56 Å². The number of nitrogens with one attached hydrogen (secondary N) is 1. The Hall–Kier alpha value is -2.43. The zero-order valence-electron chi connectivity index (χ0n) is 8.29. The molecule has 0 bridgehead atoms. The number of amides is 1. The molecule has 5 heteroatoms. The van der Waals surface area contributed by atoms with Crippen LogP contribution in [-0.4, -0.2) is 21.2 Å². The summed E-state index contributed by atoms with van der Waals surface area (Å²) in [4.78, 5) is 18.3. The lowest BCUT2D eigenvalue weighted by Gasteiger charge is -2.02. The molecule has 0 fully saturated rings. The molecule has 0 saturated heterocycles. The molecule has 1 aromatic heterocycles. The maximum atomic E-state index is 10.4. The van der Waals surface area contributed by atoms with Gasteiger partial charge < -0.3 is 5.11 Å². The van der Waals surface area contributed by atoms with E-state index >= 15 is 0 Å². The molecule has 0 aliphatic rings. The van der Waals surface area contributed by atoms with Gasteiger partial charge in [0.15, 0.2) is 0 Å². The van der Waals surface area contributed by atoms with Crippen molar-refractivity contribution < 1.29 is 9.90 Å². The lowest BCUT2D eigenvalue weighted by atomic mass is 10.1. The molecule has 0 aliphatic heterocycles. The highest BCUT2D eigenvalue weighted by atomic mass is 16.4. The van der Waals surface area contributed by atoms with Crippen molar-refractivity contribution in [3.8, 4) is 11.3 Å². The largest absolute Gasteiger partial charge is 0.465 e. The van der Waals surface area contributed by atoms with Crippen molar-refractivity contribution in [3.63, 3.8) is 0 Å². The topological polar surface area (TPSA) is 75.1 Å². The molecule has 16 heavy (non-hydrogen) atoms. The number of benzene rings is 1. The molecular weight excluding hydrogens is 206 g/mol. The Balaban J connectivity index is 2.33. The quantitative estimate of drug-likeness (QED) is 0.805. The minimum atomic E-state index is -1.18. The summed E-state index contributed by atoms with van der Waals surface area (Å²) in [6.45, 7) is 0. The standard InChI is InChI=1S/C11H9N3O2/c15-11(16)14-10-12-7-6-9(13-10)8-4-2-1-3-5-8/h1-7H,(H,15,16)(H,12,13,14). The molecular formula is C11H9N3O2. The molecule has 1 heterocycles. The normalized spacial score (nSPS) is 9.75. The first-order valence-electron chi connectivity index (χ1n) is 4.64. The summed E-state index contributed by atoms with van der Waals surface area (Å²) in [7, 11) is 0. The highest BCUT2D eigenvalue weighted by molar-refractivity contribution is 5.80. The fourth-order valence-corrected chi connectivity index (χ4v) is 1.28. The van der Waals surface area contributed by atoms with Gasteiger partial charge in [-0.25, -0.2) is 14.8 Å². The van der Waals surface area contributed by atoms with E-state index in [9.17, 15) is 4.79 Å². The summed E-state index contributed by atoms with van der Waals surface area (Å²) < 4.78 is 0. The number of anilines is 1. The van der Waals surface area contributed by atoms with E-state index in [4.69, 9.17) is 5.11 Å². The Labute approximate surface area is 91.8 Å².